The number of halogens is 1. The second kappa shape index (κ2) is 9.10. The zero-order valence-electron chi connectivity index (χ0n) is 14.3. The van der Waals surface area contributed by atoms with Gasteiger partial charge in [-0.2, -0.15) is 0 Å². The molecule has 0 unspecified atom stereocenters. The van der Waals surface area contributed by atoms with Gasteiger partial charge in [-0.3, -0.25) is 20.4 Å². The molecule has 8 heteroatoms. The van der Waals surface area contributed by atoms with Crippen LogP contribution in [0.3, 0.4) is 0 Å². The van der Waals surface area contributed by atoms with E-state index in [1.54, 1.807) is 18.2 Å². The third-order valence-electron chi connectivity index (χ3n) is 3.38. The Kier molecular flexibility index (Phi) is 6.85. The molecule has 26 heavy (non-hydrogen) atoms. The van der Waals surface area contributed by atoms with Gasteiger partial charge in [0.25, 0.3) is 11.8 Å². The van der Waals surface area contributed by atoms with Crippen LogP contribution in [0.15, 0.2) is 40.9 Å². The smallest absolute Gasteiger partial charge is 0.273 e. The molecule has 0 aliphatic rings. The molecule has 2 aromatic rings. The summed E-state index contributed by atoms with van der Waals surface area (Å²) in [5.41, 5.74) is 4.87. The summed E-state index contributed by atoms with van der Waals surface area (Å²) in [5.74, 6) is -0.421. The number of benzene rings is 2. The third kappa shape index (κ3) is 4.89. The molecule has 0 aliphatic carbocycles. The number of hydrazine groups is 1. The zero-order chi connectivity index (χ0) is 19.1. The molecule has 3 N–H and O–H groups in total. The minimum absolute atomic E-state index is 0.0283. The Hall–Kier alpha value is -2.74. The molecule has 2 rings (SSSR count). The van der Waals surface area contributed by atoms with Crippen LogP contribution in [-0.2, 0) is 0 Å². The lowest BCUT2D eigenvalue weighted by molar-refractivity contribution is 0.0844. The van der Waals surface area contributed by atoms with Gasteiger partial charge < -0.3 is 14.6 Å². The van der Waals surface area contributed by atoms with Gasteiger partial charge in [0.1, 0.15) is 5.75 Å². The number of carbonyl (C=O) groups excluding carboxylic acids is 2. The molecule has 0 spiro atoms. The third-order valence-corrected chi connectivity index (χ3v) is 3.87. The second-order valence-corrected chi connectivity index (χ2v) is 6.20. The molecule has 0 aromatic heterocycles. The average molecular weight is 423 g/mol. The van der Waals surface area contributed by atoms with Crippen molar-refractivity contribution in [3.05, 3.63) is 52.0 Å². The topological polar surface area (TPSA) is 96.9 Å². The maximum atomic E-state index is 12.2. The van der Waals surface area contributed by atoms with Gasteiger partial charge in [0.15, 0.2) is 11.5 Å². The van der Waals surface area contributed by atoms with Crippen LogP contribution in [0.25, 0.3) is 0 Å². The van der Waals surface area contributed by atoms with Crippen molar-refractivity contribution >= 4 is 27.7 Å². The second-order valence-electron chi connectivity index (χ2n) is 5.28. The lowest BCUT2D eigenvalue weighted by Crippen LogP contribution is -2.41. The Labute approximate surface area is 159 Å². The van der Waals surface area contributed by atoms with Crippen molar-refractivity contribution in [1.29, 1.82) is 0 Å². The van der Waals surface area contributed by atoms with Crippen LogP contribution >= 0.6 is 15.9 Å². The van der Waals surface area contributed by atoms with E-state index in [2.05, 4.69) is 26.8 Å². The van der Waals surface area contributed by atoms with Gasteiger partial charge in [-0.25, -0.2) is 0 Å². The van der Waals surface area contributed by atoms with E-state index in [0.717, 1.165) is 6.42 Å². The van der Waals surface area contributed by atoms with E-state index in [0.29, 0.717) is 22.6 Å². The Morgan fingerprint density at radius 3 is 2.50 bits per heavy atom. The molecule has 138 valence electrons. The molecule has 0 bridgehead atoms. The quantitative estimate of drug-likeness (QED) is 0.621. The van der Waals surface area contributed by atoms with E-state index in [9.17, 15) is 14.7 Å². The summed E-state index contributed by atoms with van der Waals surface area (Å²) in [6.45, 7) is 2.52. The molecule has 0 radical (unpaired) electrons. The van der Waals surface area contributed by atoms with E-state index >= 15 is 0 Å². The number of phenols is 1. The van der Waals surface area contributed by atoms with Crippen LogP contribution in [0.5, 0.6) is 17.2 Å². The van der Waals surface area contributed by atoms with Gasteiger partial charge in [0.05, 0.1) is 19.3 Å². The molecule has 2 amide bonds. The fourth-order valence-corrected chi connectivity index (χ4v) is 2.44. The monoisotopic (exact) mass is 422 g/mol. The van der Waals surface area contributed by atoms with Gasteiger partial charge in [-0.05, 0) is 42.8 Å². The summed E-state index contributed by atoms with van der Waals surface area (Å²) in [6.07, 6.45) is 0.847. The highest BCUT2D eigenvalue weighted by molar-refractivity contribution is 9.10. The average Bonchev–Trinajstić information content (AvgIpc) is 2.65. The van der Waals surface area contributed by atoms with Gasteiger partial charge in [-0.1, -0.05) is 22.9 Å². The maximum Gasteiger partial charge on any atom is 0.273 e. The fraction of sp³-hybridized carbons (Fsp3) is 0.222. The van der Waals surface area contributed by atoms with E-state index in [1.807, 2.05) is 6.92 Å². The first-order valence-corrected chi connectivity index (χ1v) is 8.65. The molecule has 0 atom stereocenters. The minimum atomic E-state index is -0.646. The van der Waals surface area contributed by atoms with Crippen LogP contribution in [0.2, 0.25) is 0 Å². The predicted octanol–water partition coefficient (Wildman–Crippen LogP) is 3.03. The summed E-state index contributed by atoms with van der Waals surface area (Å²) < 4.78 is 11.4. The number of ether oxygens (including phenoxy) is 2. The van der Waals surface area contributed by atoms with Crippen LogP contribution in [0.4, 0.5) is 0 Å². The maximum absolute atomic E-state index is 12.2. The summed E-state index contributed by atoms with van der Waals surface area (Å²) in [7, 11) is 1.48. The minimum Gasteiger partial charge on any atom is -0.507 e. The van der Waals surface area contributed by atoms with Crippen molar-refractivity contribution < 1.29 is 24.2 Å². The van der Waals surface area contributed by atoms with Crippen LogP contribution in [0, 0.1) is 0 Å². The molecule has 7 nitrogen and oxygen atoms in total. The SMILES string of the molecule is CCCOc1ccc(C(=O)NNC(=O)c2cc(Br)ccc2O)cc1OC. The van der Waals surface area contributed by atoms with Crippen molar-refractivity contribution in [2.24, 2.45) is 0 Å². The molecular weight excluding hydrogens is 404 g/mol. The highest BCUT2D eigenvalue weighted by atomic mass is 79.9. The first-order valence-electron chi connectivity index (χ1n) is 7.86. The highest BCUT2D eigenvalue weighted by Gasteiger charge is 2.15. The van der Waals surface area contributed by atoms with Crippen molar-refractivity contribution in [3.63, 3.8) is 0 Å². The largest absolute Gasteiger partial charge is 0.507 e. The zero-order valence-corrected chi connectivity index (χ0v) is 15.9. The van der Waals surface area contributed by atoms with Crippen molar-refractivity contribution in [2.75, 3.05) is 13.7 Å². The Balaban J connectivity index is 2.05. The van der Waals surface area contributed by atoms with Crippen molar-refractivity contribution in [3.8, 4) is 17.2 Å². The Bertz CT molecular complexity index is 810. The number of rotatable bonds is 6. The number of hydrogen-bond donors (Lipinski definition) is 3. The van der Waals surface area contributed by atoms with E-state index in [1.165, 1.54) is 25.3 Å². The summed E-state index contributed by atoms with van der Waals surface area (Å²) in [5, 5.41) is 9.73. The molecule has 2 aromatic carbocycles. The number of methoxy groups -OCH3 is 1. The standard InChI is InChI=1S/C18H19BrN2O5/c1-3-8-26-15-7-4-11(9-16(15)25-2)17(23)20-21-18(24)13-10-12(19)5-6-14(13)22/h4-7,9-10,22H,3,8H2,1-2H3,(H,20,23)(H,21,24). The molecule has 0 saturated heterocycles. The summed E-state index contributed by atoms with van der Waals surface area (Å²) in [4.78, 5) is 24.3. The number of phenolic OH excluding ortho intramolecular Hbond substituents is 1. The molecule has 0 fully saturated rings. The van der Waals surface area contributed by atoms with Crippen LogP contribution < -0.4 is 20.3 Å². The van der Waals surface area contributed by atoms with Crippen molar-refractivity contribution in [1.82, 2.24) is 10.9 Å². The number of hydrogen-bond acceptors (Lipinski definition) is 5. The van der Waals surface area contributed by atoms with Crippen LogP contribution in [-0.4, -0.2) is 30.6 Å². The van der Waals surface area contributed by atoms with Gasteiger partial charge in [0.2, 0.25) is 0 Å². The normalized spacial score (nSPS) is 10.1. The molecule has 0 saturated carbocycles. The Morgan fingerprint density at radius 2 is 1.81 bits per heavy atom. The number of carbonyl (C=O) groups is 2. The summed E-state index contributed by atoms with van der Waals surface area (Å²) >= 11 is 3.22. The molecule has 0 aliphatic heterocycles. The van der Waals surface area contributed by atoms with Gasteiger partial charge in [-0.15, -0.1) is 0 Å². The lowest BCUT2D eigenvalue weighted by Gasteiger charge is -2.12. The fourth-order valence-electron chi connectivity index (χ4n) is 2.08. The van der Waals surface area contributed by atoms with Gasteiger partial charge in [0, 0.05) is 10.0 Å². The summed E-state index contributed by atoms with van der Waals surface area (Å²) in [6, 6.07) is 9.12. The van der Waals surface area contributed by atoms with E-state index in [4.69, 9.17) is 9.47 Å². The first-order chi connectivity index (χ1) is 12.5. The van der Waals surface area contributed by atoms with E-state index in [-0.39, 0.29) is 16.9 Å². The van der Waals surface area contributed by atoms with Crippen LogP contribution in [0.1, 0.15) is 34.1 Å². The lowest BCUT2D eigenvalue weighted by atomic mass is 10.2. The number of nitrogens with one attached hydrogen (secondary N) is 2. The van der Waals surface area contributed by atoms with E-state index < -0.39 is 11.8 Å². The first kappa shape index (κ1) is 19.6. The number of amides is 2. The Morgan fingerprint density at radius 1 is 1.08 bits per heavy atom. The molecular formula is C18H19BrN2O5. The van der Waals surface area contributed by atoms with Gasteiger partial charge >= 0.3 is 0 Å². The predicted molar refractivity (Wildman–Crippen MR) is 99.5 cm³/mol. The number of aromatic hydroxyl groups is 1. The molecule has 0 heterocycles. The highest BCUT2D eigenvalue weighted by Crippen LogP contribution is 2.28. The van der Waals surface area contributed by atoms with Crippen molar-refractivity contribution in [2.45, 2.75) is 13.3 Å².